The molecule has 2 fully saturated rings. The molecule has 2 aliphatic carbocycles. The van der Waals surface area contributed by atoms with Gasteiger partial charge >= 0.3 is 0 Å². The van der Waals surface area contributed by atoms with E-state index < -0.39 is 0 Å². The Morgan fingerprint density at radius 3 is 2.06 bits per heavy atom. The van der Waals surface area contributed by atoms with E-state index in [0.29, 0.717) is 0 Å². The molecular formula is C16H31N. The Morgan fingerprint density at radius 1 is 0.882 bits per heavy atom. The van der Waals surface area contributed by atoms with Crippen LogP contribution in [-0.2, 0) is 0 Å². The average Bonchev–Trinajstić information content (AvgIpc) is 2.40. The third-order valence-corrected chi connectivity index (χ3v) is 5.00. The van der Waals surface area contributed by atoms with Crippen molar-refractivity contribution >= 4 is 0 Å². The summed E-state index contributed by atoms with van der Waals surface area (Å²) in [5, 5.41) is 3.80. The van der Waals surface area contributed by atoms with Crippen molar-refractivity contribution in [2.24, 2.45) is 11.8 Å². The van der Waals surface area contributed by atoms with Crippen LogP contribution in [0.4, 0.5) is 0 Å². The van der Waals surface area contributed by atoms with E-state index in [2.05, 4.69) is 12.2 Å². The predicted molar refractivity (Wildman–Crippen MR) is 75.2 cm³/mol. The Hall–Kier alpha value is -0.0400. The summed E-state index contributed by atoms with van der Waals surface area (Å²) < 4.78 is 0. The molecule has 0 aromatic rings. The first-order valence-electron chi connectivity index (χ1n) is 8.13. The van der Waals surface area contributed by atoms with E-state index in [1.165, 1.54) is 70.6 Å². The van der Waals surface area contributed by atoms with Gasteiger partial charge in [-0.25, -0.2) is 0 Å². The van der Waals surface area contributed by atoms with Crippen molar-refractivity contribution in [2.45, 2.75) is 83.6 Å². The fraction of sp³-hybridized carbons (Fsp3) is 1.00. The van der Waals surface area contributed by atoms with Crippen LogP contribution < -0.4 is 5.32 Å². The quantitative estimate of drug-likeness (QED) is 0.741. The van der Waals surface area contributed by atoms with Gasteiger partial charge in [-0.3, -0.25) is 0 Å². The van der Waals surface area contributed by atoms with Crippen LogP contribution >= 0.6 is 0 Å². The van der Waals surface area contributed by atoms with Crippen LogP contribution in [0.15, 0.2) is 0 Å². The Balaban J connectivity index is 1.81. The second kappa shape index (κ2) is 7.41. The van der Waals surface area contributed by atoms with Gasteiger partial charge in [0.25, 0.3) is 0 Å². The minimum absolute atomic E-state index is 0.836. The van der Waals surface area contributed by atoms with Crippen molar-refractivity contribution in [3.63, 3.8) is 0 Å². The van der Waals surface area contributed by atoms with Gasteiger partial charge in [-0.15, -0.1) is 0 Å². The zero-order valence-corrected chi connectivity index (χ0v) is 11.7. The van der Waals surface area contributed by atoms with Crippen molar-refractivity contribution in [3.05, 3.63) is 0 Å². The number of hydrogen-bond donors (Lipinski definition) is 1. The van der Waals surface area contributed by atoms with Gasteiger partial charge in [0.05, 0.1) is 0 Å². The topological polar surface area (TPSA) is 12.0 Å². The molecule has 0 aromatic carbocycles. The molecule has 0 aliphatic heterocycles. The Bertz CT molecular complexity index is 190. The van der Waals surface area contributed by atoms with Crippen molar-refractivity contribution in [2.75, 3.05) is 6.54 Å². The molecule has 0 radical (unpaired) electrons. The molecule has 1 unspecified atom stereocenters. The third kappa shape index (κ3) is 4.28. The molecule has 0 aromatic heterocycles. The number of hydrogen-bond acceptors (Lipinski definition) is 1. The van der Waals surface area contributed by atoms with E-state index in [0.717, 1.165) is 24.4 Å². The van der Waals surface area contributed by atoms with Gasteiger partial charge in [0.1, 0.15) is 0 Å². The monoisotopic (exact) mass is 237 g/mol. The molecule has 17 heavy (non-hydrogen) atoms. The van der Waals surface area contributed by atoms with Crippen molar-refractivity contribution in [3.8, 4) is 0 Å². The fourth-order valence-corrected chi connectivity index (χ4v) is 4.02. The molecule has 0 saturated heterocycles. The smallest absolute Gasteiger partial charge is 0.00978 e. The summed E-state index contributed by atoms with van der Waals surface area (Å²) >= 11 is 0. The van der Waals surface area contributed by atoms with E-state index in [1.54, 1.807) is 0 Å². The Morgan fingerprint density at radius 2 is 1.47 bits per heavy atom. The molecule has 2 aliphatic rings. The average molecular weight is 237 g/mol. The molecule has 1 nitrogen and oxygen atoms in total. The van der Waals surface area contributed by atoms with E-state index in [4.69, 9.17) is 0 Å². The lowest BCUT2D eigenvalue weighted by Crippen LogP contribution is -2.39. The van der Waals surface area contributed by atoms with Crippen LogP contribution in [0.3, 0.4) is 0 Å². The Kier molecular flexibility index (Phi) is 5.84. The van der Waals surface area contributed by atoms with Crippen molar-refractivity contribution in [1.82, 2.24) is 5.32 Å². The maximum atomic E-state index is 3.80. The summed E-state index contributed by atoms with van der Waals surface area (Å²) in [4.78, 5) is 0. The van der Waals surface area contributed by atoms with Gasteiger partial charge in [0.2, 0.25) is 0 Å². The van der Waals surface area contributed by atoms with Crippen LogP contribution in [0, 0.1) is 11.8 Å². The summed E-state index contributed by atoms with van der Waals surface area (Å²) in [5.74, 6) is 2.03. The predicted octanol–water partition coefficient (Wildman–Crippen LogP) is 4.52. The standard InChI is InChI=1S/C16H31N/c1-2-17-16(15-11-7-4-8-12-15)13-14-9-5-3-6-10-14/h14-17H,2-13H2,1H3. The van der Waals surface area contributed by atoms with Gasteiger partial charge in [-0.1, -0.05) is 58.3 Å². The van der Waals surface area contributed by atoms with Gasteiger partial charge in [0, 0.05) is 6.04 Å². The molecule has 1 heteroatoms. The second-order valence-electron chi connectivity index (χ2n) is 6.30. The van der Waals surface area contributed by atoms with E-state index >= 15 is 0 Å². The maximum absolute atomic E-state index is 3.80. The highest BCUT2D eigenvalue weighted by molar-refractivity contribution is 4.82. The summed E-state index contributed by atoms with van der Waals surface area (Å²) in [6.45, 7) is 3.44. The third-order valence-electron chi connectivity index (χ3n) is 5.00. The maximum Gasteiger partial charge on any atom is 0.00978 e. The highest BCUT2D eigenvalue weighted by Gasteiger charge is 2.26. The normalized spacial score (nSPS) is 25.9. The van der Waals surface area contributed by atoms with Gasteiger partial charge in [-0.2, -0.15) is 0 Å². The molecule has 100 valence electrons. The first-order valence-corrected chi connectivity index (χ1v) is 8.13. The zero-order valence-electron chi connectivity index (χ0n) is 11.7. The van der Waals surface area contributed by atoms with Crippen LogP contribution in [0.1, 0.15) is 77.6 Å². The highest BCUT2D eigenvalue weighted by Crippen LogP contribution is 2.33. The lowest BCUT2D eigenvalue weighted by molar-refractivity contribution is 0.214. The molecule has 2 saturated carbocycles. The molecule has 1 atom stereocenters. The van der Waals surface area contributed by atoms with Crippen LogP contribution in [0.2, 0.25) is 0 Å². The first kappa shape index (κ1) is 13.4. The van der Waals surface area contributed by atoms with Crippen molar-refractivity contribution in [1.29, 1.82) is 0 Å². The molecule has 0 heterocycles. The van der Waals surface area contributed by atoms with Crippen molar-refractivity contribution < 1.29 is 0 Å². The highest BCUT2D eigenvalue weighted by atomic mass is 14.9. The molecule has 0 amide bonds. The summed E-state index contributed by atoms with van der Waals surface area (Å²) in [5.41, 5.74) is 0. The summed E-state index contributed by atoms with van der Waals surface area (Å²) in [6, 6.07) is 0.836. The molecule has 0 spiro atoms. The van der Waals surface area contributed by atoms with E-state index in [9.17, 15) is 0 Å². The molecular weight excluding hydrogens is 206 g/mol. The van der Waals surface area contributed by atoms with Gasteiger partial charge in [-0.05, 0) is 37.6 Å². The molecule has 1 N–H and O–H groups in total. The minimum Gasteiger partial charge on any atom is -0.314 e. The first-order chi connectivity index (χ1) is 8.40. The Labute approximate surface area is 108 Å². The van der Waals surface area contributed by atoms with Crippen LogP contribution in [0.25, 0.3) is 0 Å². The number of rotatable bonds is 5. The SMILES string of the molecule is CCNC(CC1CCCCC1)C1CCCCC1. The van der Waals surface area contributed by atoms with Crippen LogP contribution in [0.5, 0.6) is 0 Å². The lowest BCUT2D eigenvalue weighted by Gasteiger charge is -2.34. The van der Waals surface area contributed by atoms with Gasteiger partial charge in [0.15, 0.2) is 0 Å². The summed E-state index contributed by atoms with van der Waals surface area (Å²) in [6.07, 6.45) is 16.4. The minimum atomic E-state index is 0.836. The van der Waals surface area contributed by atoms with Gasteiger partial charge < -0.3 is 5.32 Å². The zero-order chi connectivity index (χ0) is 11.9. The van der Waals surface area contributed by atoms with E-state index in [1.807, 2.05) is 0 Å². The van der Waals surface area contributed by atoms with E-state index in [-0.39, 0.29) is 0 Å². The number of nitrogens with one attached hydrogen (secondary N) is 1. The van der Waals surface area contributed by atoms with Crippen LogP contribution in [-0.4, -0.2) is 12.6 Å². The summed E-state index contributed by atoms with van der Waals surface area (Å²) in [7, 11) is 0. The molecule has 0 bridgehead atoms. The largest absolute Gasteiger partial charge is 0.314 e. The fourth-order valence-electron chi connectivity index (χ4n) is 4.02. The lowest BCUT2D eigenvalue weighted by atomic mass is 9.77. The second-order valence-corrected chi connectivity index (χ2v) is 6.30. The molecule has 2 rings (SSSR count).